The van der Waals surface area contributed by atoms with Gasteiger partial charge in [-0.15, -0.1) is 0 Å². The molecule has 0 radical (unpaired) electrons. The third kappa shape index (κ3) is 5.57. The molecule has 0 spiro atoms. The number of primary amides is 2. The van der Waals surface area contributed by atoms with Gasteiger partial charge in [0, 0.05) is 18.8 Å². The lowest BCUT2D eigenvalue weighted by molar-refractivity contribution is -0.137. The third-order valence-corrected chi connectivity index (χ3v) is 4.17. The standard InChI is InChI=1S/C15H13NO2.C5H9NO3/c16-15(17)18-9-14-12-7-3-1-5-10(12)11-6-2-4-8-13(11)14;6-4(7)2-1-3-5(8)9/h1-8,14H,9H2,(H2,16,17);1-3H2,(H2,6,7)(H,8,9). The molecule has 7 nitrogen and oxygen atoms in total. The first kappa shape index (κ1) is 20.0. The lowest BCUT2D eigenvalue weighted by atomic mass is 9.98. The van der Waals surface area contributed by atoms with Crippen LogP contribution in [-0.4, -0.2) is 29.7 Å². The molecule has 142 valence electrons. The first-order chi connectivity index (χ1) is 12.9. The number of carboxylic acid groups (broad SMARTS) is 1. The Morgan fingerprint density at radius 3 is 1.85 bits per heavy atom. The van der Waals surface area contributed by atoms with E-state index in [1.165, 1.54) is 22.3 Å². The first-order valence-corrected chi connectivity index (χ1v) is 8.50. The minimum absolute atomic E-state index is 0.0168. The van der Waals surface area contributed by atoms with Gasteiger partial charge in [-0.25, -0.2) is 4.79 Å². The molecular weight excluding hydrogens is 348 g/mol. The number of hydrogen-bond acceptors (Lipinski definition) is 4. The zero-order chi connectivity index (χ0) is 19.8. The van der Waals surface area contributed by atoms with Crippen LogP contribution in [0.25, 0.3) is 11.1 Å². The minimum atomic E-state index is -0.892. The Morgan fingerprint density at radius 2 is 1.41 bits per heavy atom. The van der Waals surface area contributed by atoms with E-state index in [1.54, 1.807) is 0 Å². The predicted octanol–water partition coefficient (Wildman–Crippen LogP) is 2.62. The Kier molecular flexibility index (Phi) is 6.93. The number of rotatable bonds is 6. The molecule has 0 saturated heterocycles. The lowest BCUT2D eigenvalue weighted by Gasteiger charge is -2.12. The van der Waals surface area contributed by atoms with Crippen LogP contribution in [0.15, 0.2) is 48.5 Å². The molecule has 27 heavy (non-hydrogen) atoms. The molecule has 2 aromatic carbocycles. The molecule has 1 aliphatic carbocycles. The summed E-state index contributed by atoms with van der Waals surface area (Å²) in [5, 5.41) is 8.07. The number of carbonyl (C=O) groups is 3. The number of carbonyl (C=O) groups excluding carboxylic acids is 2. The van der Waals surface area contributed by atoms with Gasteiger partial charge in [0.15, 0.2) is 0 Å². The maximum atomic E-state index is 10.8. The molecule has 0 bridgehead atoms. The fourth-order valence-electron chi connectivity index (χ4n) is 3.02. The highest BCUT2D eigenvalue weighted by Gasteiger charge is 2.28. The number of carboxylic acids is 1. The van der Waals surface area contributed by atoms with Gasteiger partial charge in [-0.2, -0.15) is 0 Å². The van der Waals surface area contributed by atoms with Gasteiger partial charge in [-0.3, -0.25) is 9.59 Å². The van der Waals surface area contributed by atoms with Gasteiger partial charge in [0.05, 0.1) is 0 Å². The van der Waals surface area contributed by atoms with Crippen LogP contribution < -0.4 is 11.5 Å². The first-order valence-electron chi connectivity index (χ1n) is 8.50. The van der Waals surface area contributed by atoms with Crippen LogP contribution in [0.3, 0.4) is 0 Å². The Labute approximate surface area is 156 Å². The quantitative estimate of drug-likeness (QED) is 0.719. The van der Waals surface area contributed by atoms with Crippen LogP contribution >= 0.6 is 0 Å². The molecule has 3 rings (SSSR count). The van der Waals surface area contributed by atoms with E-state index in [1.807, 2.05) is 24.3 Å². The molecule has 0 aromatic heterocycles. The largest absolute Gasteiger partial charge is 0.481 e. The predicted molar refractivity (Wildman–Crippen MR) is 99.9 cm³/mol. The van der Waals surface area contributed by atoms with E-state index in [9.17, 15) is 14.4 Å². The molecule has 2 amide bonds. The zero-order valence-electron chi connectivity index (χ0n) is 14.8. The van der Waals surface area contributed by atoms with Gasteiger partial charge in [0.2, 0.25) is 5.91 Å². The maximum absolute atomic E-state index is 10.8. The van der Waals surface area contributed by atoms with Crippen LogP contribution in [0.4, 0.5) is 4.79 Å². The summed E-state index contributed by atoms with van der Waals surface area (Å²) >= 11 is 0. The van der Waals surface area contributed by atoms with Gasteiger partial charge in [0.1, 0.15) is 6.61 Å². The molecule has 0 atom stereocenters. The number of nitrogens with two attached hydrogens (primary N) is 2. The van der Waals surface area contributed by atoms with Crippen LogP contribution in [0.1, 0.15) is 36.3 Å². The Hall–Kier alpha value is -3.35. The summed E-state index contributed by atoms with van der Waals surface area (Å²) in [7, 11) is 0. The number of ether oxygens (including phenoxy) is 1. The summed E-state index contributed by atoms with van der Waals surface area (Å²) in [4.78, 5) is 30.6. The Bertz CT molecular complexity index is 775. The van der Waals surface area contributed by atoms with Gasteiger partial charge >= 0.3 is 12.1 Å². The van der Waals surface area contributed by atoms with Crippen molar-refractivity contribution < 1.29 is 24.2 Å². The normalized spacial score (nSPS) is 11.6. The summed E-state index contributed by atoms with van der Waals surface area (Å²) < 4.78 is 4.98. The molecular formula is C20H22N2O5. The molecule has 0 saturated carbocycles. The summed E-state index contributed by atoms with van der Waals surface area (Å²) in [5.41, 5.74) is 14.6. The second-order valence-corrected chi connectivity index (χ2v) is 6.07. The van der Waals surface area contributed by atoms with E-state index in [2.05, 4.69) is 24.3 Å². The van der Waals surface area contributed by atoms with Gasteiger partial charge in [-0.1, -0.05) is 48.5 Å². The zero-order valence-corrected chi connectivity index (χ0v) is 14.8. The highest BCUT2D eigenvalue weighted by molar-refractivity contribution is 5.79. The SMILES string of the molecule is NC(=O)CCCC(=O)O.NC(=O)OCC1c2ccccc2-c2ccccc21. The van der Waals surface area contributed by atoms with E-state index in [0.717, 1.165) is 0 Å². The highest BCUT2D eigenvalue weighted by Crippen LogP contribution is 2.44. The summed E-state index contributed by atoms with van der Waals surface area (Å²) in [6.07, 6.45) is -0.211. The summed E-state index contributed by atoms with van der Waals surface area (Å²) in [5.74, 6) is -1.25. The topological polar surface area (TPSA) is 133 Å². The fourth-order valence-corrected chi connectivity index (χ4v) is 3.02. The van der Waals surface area contributed by atoms with Gasteiger partial charge in [-0.05, 0) is 28.7 Å². The molecule has 0 aliphatic heterocycles. The molecule has 7 heteroatoms. The van der Waals surface area contributed by atoms with E-state index >= 15 is 0 Å². The smallest absolute Gasteiger partial charge is 0.404 e. The van der Waals surface area contributed by atoms with Crippen molar-refractivity contribution in [2.75, 3.05) is 6.61 Å². The molecule has 5 N–H and O–H groups in total. The second-order valence-electron chi connectivity index (χ2n) is 6.07. The van der Waals surface area contributed by atoms with E-state index in [4.69, 9.17) is 21.3 Å². The average Bonchev–Trinajstić information content (AvgIpc) is 2.94. The third-order valence-electron chi connectivity index (χ3n) is 4.17. The molecule has 0 fully saturated rings. The number of aliphatic carboxylic acids is 1. The van der Waals surface area contributed by atoms with Crippen molar-refractivity contribution >= 4 is 18.0 Å². The Balaban J connectivity index is 0.000000249. The van der Waals surface area contributed by atoms with E-state index in [0.29, 0.717) is 13.0 Å². The summed E-state index contributed by atoms with van der Waals surface area (Å²) in [6.45, 7) is 0.295. The lowest BCUT2D eigenvalue weighted by Crippen LogP contribution is -2.17. The molecule has 0 unspecified atom stereocenters. The van der Waals surface area contributed by atoms with Gasteiger partial charge in [0.25, 0.3) is 0 Å². The van der Waals surface area contributed by atoms with Crippen molar-refractivity contribution in [3.05, 3.63) is 59.7 Å². The maximum Gasteiger partial charge on any atom is 0.404 e. The molecule has 2 aromatic rings. The van der Waals surface area contributed by atoms with Crippen molar-refractivity contribution in [1.82, 2.24) is 0 Å². The average molecular weight is 370 g/mol. The van der Waals surface area contributed by atoms with Crippen molar-refractivity contribution in [3.63, 3.8) is 0 Å². The van der Waals surface area contributed by atoms with Crippen LogP contribution in [-0.2, 0) is 14.3 Å². The Morgan fingerprint density at radius 1 is 0.889 bits per heavy atom. The van der Waals surface area contributed by atoms with Crippen LogP contribution in [0, 0.1) is 0 Å². The number of hydrogen-bond donors (Lipinski definition) is 3. The van der Waals surface area contributed by atoms with E-state index in [-0.39, 0.29) is 18.8 Å². The van der Waals surface area contributed by atoms with Crippen molar-refractivity contribution in [1.29, 1.82) is 0 Å². The number of benzene rings is 2. The highest BCUT2D eigenvalue weighted by atomic mass is 16.5. The van der Waals surface area contributed by atoms with Crippen LogP contribution in [0.5, 0.6) is 0 Å². The molecule has 0 heterocycles. The van der Waals surface area contributed by atoms with E-state index < -0.39 is 18.0 Å². The van der Waals surface area contributed by atoms with Crippen molar-refractivity contribution in [3.8, 4) is 11.1 Å². The van der Waals surface area contributed by atoms with Crippen LogP contribution in [0.2, 0.25) is 0 Å². The monoisotopic (exact) mass is 370 g/mol. The summed E-state index contributed by atoms with van der Waals surface area (Å²) in [6, 6.07) is 16.4. The number of fused-ring (bicyclic) bond motifs is 3. The fraction of sp³-hybridized carbons (Fsp3) is 0.250. The van der Waals surface area contributed by atoms with Crippen molar-refractivity contribution in [2.24, 2.45) is 11.5 Å². The number of amides is 2. The minimum Gasteiger partial charge on any atom is -0.481 e. The second kappa shape index (κ2) is 9.38. The van der Waals surface area contributed by atoms with Gasteiger partial charge < -0.3 is 21.3 Å². The van der Waals surface area contributed by atoms with Crippen molar-refractivity contribution in [2.45, 2.75) is 25.2 Å². The molecule has 1 aliphatic rings.